The molecule has 0 spiro atoms. The fourth-order valence-electron chi connectivity index (χ4n) is 4.78. The van der Waals surface area contributed by atoms with E-state index in [0.29, 0.717) is 36.2 Å². The molecule has 2 aromatic carbocycles. The molecular weight excluding hydrogens is 457 g/mol. The van der Waals surface area contributed by atoms with Crippen LogP contribution in [0.5, 0.6) is 0 Å². The van der Waals surface area contributed by atoms with Gasteiger partial charge in [0, 0.05) is 31.1 Å². The number of carbonyl (C=O) groups excluding carboxylic acids is 2. The standard InChI is InChI=1S/C29H32FN3O3/c1-17-15-23-26(21(16-24(32-23)27(34)31-6)20-9-7-8-10-22(20)30)18(2)25(17)19-11-13-33(14-12-19)28(35)36-29(3,4)5/h7-11,15-16H,12-14H2,1-6H3,(H,31,34). The van der Waals surface area contributed by atoms with E-state index in [0.717, 1.165) is 27.6 Å². The molecule has 1 aliphatic rings. The molecule has 3 aromatic rings. The van der Waals surface area contributed by atoms with Gasteiger partial charge in [0.15, 0.2) is 0 Å². The third kappa shape index (κ3) is 4.96. The minimum Gasteiger partial charge on any atom is -0.444 e. The predicted molar refractivity (Wildman–Crippen MR) is 140 cm³/mol. The van der Waals surface area contributed by atoms with Gasteiger partial charge in [-0.15, -0.1) is 0 Å². The van der Waals surface area contributed by atoms with E-state index >= 15 is 0 Å². The summed E-state index contributed by atoms with van der Waals surface area (Å²) < 4.78 is 20.5. The zero-order valence-electron chi connectivity index (χ0n) is 21.7. The van der Waals surface area contributed by atoms with Gasteiger partial charge in [0.05, 0.1) is 5.52 Å². The van der Waals surface area contributed by atoms with Crippen molar-refractivity contribution >= 4 is 28.5 Å². The summed E-state index contributed by atoms with van der Waals surface area (Å²) >= 11 is 0. The van der Waals surface area contributed by atoms with E-state index in [4.69, 9.17) is 4.74 Å². The van der Waals surface area contributed by atoms with Gasteiger partial charge in [0.2, 0.25) is 0 Å². The molecule has 2 heterocycles. The van der Waals surface area contributed by atoms with E-state index in [1.165, 1.54) is 6.07 Å². The Morgan fingerprint density at radius 1 is 1.11 bits per heavy atom. The Balaban J connectivity index is 1.84. The van der Waals surface area contributed by atoms with Crippen molar-refractivity contribution in [3.05, 3.63) is 70.7 Å². The number of rotatable bonds is 3. The van der Waals surface area contributed by atoms with Crippen molar-refractivity contribution in [2.45, 2.75) is 46.6 Å². The molecule has 6 nitrogen and oxygen atoms in total. The Kier molecular flexibility index (Phi) is 6.85. The molecule has 0 bridgehead atoms. The summed E-state index contributed by atoms with van der Waals surface area (Å²) in [7, 11) is 1.55. The number of carbonyl (C=O) groups is 2. The van der Waals surface area contributed by atoms with Crippen LogP contribution < -0.4 is 5.32 Å². The fourth-order valence-corrected chi connectivity index (χ4v) is 4.78. The molecule has 0 unspecified atom stereocenters. The van der Waals surface area contributed by atoms with Crippen molar-refractivity contribution in [2.75, 3.05) is 20.1 Å². The predicted octanol–water partition coefficient (Wildman–Crippen LogP) is 6.04. The molecule has 1 N–H and O–H groups in total. The van der Waals surface area contributed by atoms with Crippen LogP contribution in [0.3, 0.4) is 0 Å². The van der Waals surface area contributed by atoms with E-state index in [1.807, 2.05) is 40.7 Å². The molecule has 2 amide bonds. The summed E-state index contributed by atoms with van der Waals surface area (Å²) in [5.74, 6) is -0.689. The highest BCUT2D eigenvalue weighted by Gasteiger charge is 2.26. The highest BCUT2D eigenvalue weighted by molar-refractivity contribution is 6.04. The monoisotopic (exact) mass is 489 g/mol. The summed E-state index contributed by atoms with van der Waals surface area (Å²) in [6, 6.07) is 10.2. The lowest BCUT2D eigenvalue weighted by Gasteiger charge is -2.30. The Morgan fingerprint density at radius 2 is 1.83 bits per heavy atom. The summed E-state index contributed by atoms with van der Waals surface area (Å²) in [6.07, 6.45) is 2.41. The van der Waals surface area contributed by atoms with Gasteiger partial charge in [-0.3, -0.25) is 4.79 Å². The molecule has 36 heavy (non-hydrogen) atoms. The highest BCUT2D eigenvalue weighted by atomic mass is 19.1. The lowest BCUT2D eigenvalue weighted by molar-refractivity contribution is 0.0270. The molecule has 0 aliphatic carbocycles. The first-order chi connectivity index (χ1) is 17.0. The first kappa shape index (κ1) is 25.4. The van der Waals surface area contributed by atoms with Crippen LogP contribution in [0.4, 0.5) is 9.18 Å². The Hall–Kier alpha value is -3.74. The van der Waals surface area contributed by atoms with Gasteiger partial charge in [-0.25, -0.2) is 14.2 Å². The molecule has 0 saturated carbocycles. The average molecular weight is 490 g/mol. The number of aryl methyl sites for hydroxylation is 2. The average Bonchev–Trinajstić information content (AvgIpc) is 2.82. The van der Waals surface area contributed by atoms with Gasteiger partial charge in [-0.1, -0.05) is 24.3 Å². The van der Waals surface area contributed by atoms with Crippen LogP contribution in [-0.4, -0.2) is 47.6 Å². The van der Waals surface area contributed by atoms with Crippen molar-refractivity contribution in [3.63, 3.8) is 0 Å². The second-order valence-electron chi connectivity index (χ2n) is 10.1. The second-order valence-corrected chi connectivity index (χ2v) is 10.1. The van der Waals surface area contributed by atoms with Crippen molar-refractivity contribution < 1.29 is 18.7 Å². The number of nitrogens with one attached hydrogen (secondary N) is 1. The molecule has 188 valence electrons. The number of halogens is 1. The van der Waals surface area contributed by atoms with Crippen LogP contribution in [0, 0.1) is 19.7 Å². The number of fused-ring (bicyclic) bond motifs is 1. The molecule has 0 fully saturated rings. The molecule has 0 saturated heterocycles. The maximum absolute atomic E-state index is 14.9. The number of aromatic nitrogens is 1. The number of pyridine rings is 1. The molecule has 0 radical (unpaired) electrons. The first-order valence-electron chi connectivity index (χ1n) is 12.1. The SMILES string of the molecule is CNC(=O)c1cc(-c2ccccc2F)c2c(C)c(C3=CCN(C(=O)OC(C)(C)C)CC3)c(C)cc2n1. The molecule has 1 aliphatic heterocycles. The third-order valence-electron chi connectivity index (χ3n) is 6.35. The molecular formula is C29H32FN3O3. The zero-order chi connectivity index (χ0) is 26.2. The van der Waals surface area contributed by atoms with Gasteiger partial charge in [-0.05, 0) is 87.1 Å². The van der Waals surface area contributed by atoms with E-state index in [9.17, 15) is 14.0 Å². The summed E-state index contributed by atoms with van der Waals surface area (Å²) in [4.78, 5) is 31.3. The van der Waals surface area contributed by atoms with Crippen LogP contribution >= 0.6 is 0 Å². The Morgan fingerprint density at radius 3 is 2.44 bits per heavy atom. The normalized spacial score (nSPS) is 14.0. The largest absolute Gasteiger partial charge is 0.444 e. The van der Waals surface area contributed by atoms with Crippen LogP contribution in [-0.2, 0) is 4.74 Å². The third-order valence-corrected chi connectivity index (χ3v) is 6.35. The number of hydrogen-bond donors (Lipinski definition) is 1. The van der Waals surface area contributed by atoms with E-state index in [1.54, 1.807) is 36.2 Å². The minimum atomic E-state index is -0.545. The van der Waals surface area contributed by atoms with Crippen LogP contribution in [0.25, 0.3) is 27.6 Å². The van der Waals surface area contributed by atoms with Crippen LogP contribution in [0.1, 0.15) is 54.4 Å². The van der Waals surface area contributed by atoms with Gasteiger partial charge >= 0.3 is 6.09 Å². The van der Waals surface area contributed by atoms with Gasteiger partial charge in [-0.2, -0.15) is 0 Å². The molecule has 7 heteroatoms. The van der Waals surface area contributed by atoms with E-state index in [-0.39, 0.29) is 23.5 Å². The summed E-state index contributed by atoms with van der Waals surface area (Å²) in [6.45, 7) is 10.6. The summed E-state index contributed by atoms with van der Waals surface area (Å²) in [5.41, 5.74) is 5.55. The van der Waals surface area contributed by atoms with Crippen molar-refractivity contribution in [1.82, 2.24) is 15.2 Å². The van der Waals surface area contributed by atoms with Crippen molar-refractivity contribution in [3.8, 4) is 11.1 Å². The number of ether oxygens (including phenoxy) is 1. The lowest BCUT2D eigenvalue weighted by Crippen LogP contribution is -2.39. The zero-order valence-corrected chi connectivity index (χ0v) is 21.7. The maximum Gasteiger partial charge on any atom is 0.410 e. The number of nitrogens with zero attached hydrogens (tertiary/aromatic N) is 2. The van der Waals surface area contributed by atoms with Crippen LogP contribution in [0.15, 0.2) is 42.5 Å². The molecule has 0 atom stereocenters. The van der Waals surface area contributed by atoms with Crippen molar-refractivity contribution in [1.29, 1.82) is 0 Å². The van der Waals surface area contributed by atoms with E-state index in [2.05, 4.69) is 16.4 Å². The van der Waals surface area contributed by atoms with Gasteiger partial charge in [0.25, 0.3) is 5.91 Å². The van der Waals surface area contributed by atoms with Crippen LogP contribution in [0.2, 0.25) is 0 Å². The first-order valence-corrected chi connectivity index (χ1v) is 12.1. The fraction of sp³-hybridized carbons (Fsp3) is 0.345. The number of amides is 2. The minimum absolute atomic E-state index is 0.236. The molecule has 1 aromatic heterocycles. The van der Waals surface area contributed by atoms with Gasteiger partial charge in [0.1, 0.15) is 17.1 Å². The Labute approximate surface area is 211 Å². The summed E-state index contributed by atoms with van der Waals surface area (Å²) in [5, 5.41) is 3.42. The lowest BCUT2D eigenvalue weighted by atomic mass is 9.86. The van der Waals surface area contributed by atoms with E-state index < -0.39 is 5.60 Å². The highest BCUT2D eigenvalue weighted by Crippen LogP contribution is 2.38. The number of benzene rings is 2. The smallest absolute Gasteiger partial charge is 0.410 e. The topological polar surface area (TPSA) is 71.5 Å². The van der Waals surface area contributed by atoms with Gasteiger partial charge < -0.3 is 15.0 Å². The maximum atomic E-state index is 14.9. The second kappa shape index (κ2) is 9.72. The Bertz CT molecular complexity index is 1390. The quantitative estimate of drug-likeness (QED) is 0.487. The van der Waals surface area contributed by atoms with Crippen molar-refractivity contribution in [2.24, 2.45) is 0 Å². The molecule has 4 rings (SSSR count). The number of hydrogen-bond acceptors (Lipinski definition) is 4.